The molecule has 0 saturated carbocycles. The predicted molar refractivity (Wildman–Crippen MR) is 168 cm³/mol. The lowest BCUT2D eigenvalue weighted by Crippen LogP contribution is -2.43. The standard InChI is InChI=1S/C32H38Cl2N6O3/c1-38-8-3-6-32(38)7-11-40(21-32)31-35-18-27(19-36-31)43-29-13-23(12-28(37-29)24-15-25(33)17-26(34)16-24)20-39-9-4-22(5-10-39)14-30(41)42-2/h12-13,15-19,22H,3-11,14,20-21H2,1-2H3. The Hall–Kier alpha value is -2.98. The van der Waals surface area contributed by atoms with Crippen LogP contribution in [0.5, 0.6) is 11.6 Å². The smallest absolute Gasteiger partial charge is 0.305 e. The topological polar surface area (TPSA) is 83.9 Å². The highest BCUT2D eigenvalue weighted by atomic mass is 35.5. The minimum Gasteiger partial charge on any atom is -0.469 e. The number of anilines is 1. The highest BCUT2D eigenvalue weighted by molar-refractivity contribution is 6.35. The van der Waals surface area contributed by atoms with Gasteiger partial charge in [-0.2, -0.15) is 0 Å². The molecule has 0 radical (unpaired) electrons. The fraction of sp³-hybridized carbons (Fsp3) is 0.500. The second kappa shape index (κ2) is 12.9. The Morgan fingerprint density at radius 1 is 1.00 bits per heavy atom. The summed E-state index contributed by atoms with van der Waals surface area (Å²) in [4.78, 5) is 33.0. The monoisotopic (exact) mass is 624 g/mol. The van der Waals surface area contributed by atoms with Crippen LogP contribution in [0.25, 0.3) is 11.3 Å². The summed E-state index contributed by atoms with van der Waals surface area (Å²) >= 11 is 12.7. The lowest BCUT2D eigenvalue weighted by molar-refractivity contribution is -0.142. The van der Waals surface area contributed by atoms with Gasteiger partial charge in [0, 0.05) is 53.3 Å². The average molecular weight is 626 g/mol. The molecule has 0 aliphatic carbocycles. The molecule has 1 aromatic carbocycles. The number of hydrogen-bond donors (Lipinski definition) is 0. The van der Waals surface area contributed by atoms with E-state index in [9.17, 15) is 4.79 Å². The van der Waals surface area contributed by atoms with E-state index in [0.29, 0.717) is 34.0 Å². The van der Waals surface area contributed by atoms with Crippen molar-refractivity contribution >= 4 is 35.1 Å². The van der Waals surface area contributed by atoms with E-state index in [0.717, 1.165) is 81.3 Å². The summed E-state index contributed by atoms with van der Waals surface area (Å²) in [6, 6.07) is 9.43. The van der Waals surface area contributed by atoms with Crippen LogP contribution in [-0.4, -0.2) is 83.1 Å². The van der Waals surface area contributed by atoms with Gasteiger partial charge in [0.2, 0.25) is 11.8 Å². The number of rotatable bonds is 8. The van der Waals surface area contributed by atoms with Gasteiger partial charge in [-0.15, -0.1) is 0 Å². The van der Waals surface area contributed by atoms with Gasteiger partial charge in [-0.1, -0.05) is 23.2 Å². The molecular weight excluding hydrogens is 587 g/mol. The number of methoxy groups -OCH3 is 1. The Kier molecular flexibility index (Phi) is 9.05. The molecule has 3 aliphatic heterocycles. The second-order valence-electron chi connectivity index (χ2n) is 12.1. The van der Waals surface area contributed by atoms with Crippen LogP contribution in [-0.2, 0) is 16.1 Å². The number of carbonyl (C=O) groups excluding carboxylic acids is 1. The highest BCUT2D eigenvalue weighted by Gasteiger charge is 2.44. The van der Waals surface area contributed by atoms with Gasteiger partial charge < -0.3 is 14.4 Å². The molecule has 6 rings (SSSR count). The number of nitrogens with zero attached hydrogens (tertiary/aromatic N) is 6. The summed E-state index contributed by atoms with van der Waals surface area (Å²) in [6.45, 7) is 5.61. The van der Waals surface area contributed by atoms with Crippen LogP contribution in [0.3, 0.4) is 0 Å². The molecule has 1 unspecified atom stereocenters. The number of esters is 1. The van der Waals surface area contributed by atoms with Crippen LogP contribution in [0.15, 0.2) is 42.7 Å². The summed E-state index contributed by atoms with van der Waals surface area (Å²) in [7, 11) is 3.68. The number of likely N-dealkylation sites (N-methyl/N-ethyl adjacent to an activating group) is 1. The second-order valence-corrected chi connectivity index (χ2v) is 13.0. The number of aromatic nitrogens is 3. The van der Waals surface area contributed by atoms with Gasteiger partial charge in [0.1, 0.15) is 0 Å². The van der Waals surface area contributed by atoms with Crippen molar-refractivity contribution in [1.82, 2.24) is 24.8 Å². The zero-order valence-corrected chi connectivity index (χ0v) is 26.3. The summed E-state index contributed by atoms with van der Waals surface area (Å²) in [5.41, 5.74) is 2.84. The molecule has 5 heterocycles. The number of benzene rings is 1. The quantitative estimate of drug-likeness (QED) is 0.276. The van der Waals surface area contributed by atoms with E-state index < -0.39 is 0 Å². The van der Waals surface area contributed by atoms with Crippen molar-refractivity contribution in [3.05, 3.63) is 58.3 Å². The number of piperidine rings is 1. The zero-order valence-electron chi connectivity index (χ0n) is 24.8. The SMILES string of the molecule is COC(=O)CC1CCN(Cc2cc(Oc3cnc(N4CCC5(CCCN5C)C4)nc3)nc(-c3cc(Cl)cc(Cl)c3)c2)CC1. The fourth-order valence-corrected chi connectivity index (χ4v) is 7.27. The van der Waals surface area contributed by atoms with Crippen molar-refractivity contribution in [1.29, 1.82) is 0 Å². The largest absolute Gasteiger partial charge is 0.469 e. The summed E-state index contributed by atoms with van der Waals surface area (Å²) in [5, 5.41) is 1.09. The molecule has 0 amide bonds. The number of halogens is 2. The molecule has 9 nitrogen and oxygen atoms in total. The van der Waals surface area contributed by atoms with Crippen LogP contribution in [0.2, 0.25) is 10.0 Å². The zero-order chi connectivity index (χ0) is 30.0. The van der Waals surface area contributed by atoms with Crippen molar-refractivity contribution in [3.63, 3.8) is 0 Å². The minimum atomic E-state index is -0.137. The number of hydrogen-bond acceptors (Lipinski definition) is 9. The molecule has 3 aromatic rings. The maximum atomic E-state index is 11.7. The Morgan fingerprint density at radius 2 is 1.74 bits per heavy atom. The number of likely N-dealkylation sites (tertiary alicyclic amines) is 2. The van der Waals surface area contributed by atoms with Gasteiger partial charge in [0.25, 0.3) is 0 Å². The Labute approximate surface area is 263 Å². The predicted octanol–water partition coefficient (Wildman–Crippen LogP) is 6.09. The van der Waals surface area contributed by atoms with Crippen LogP contribution >= 0.6 is 23.2 Å². The first kappa shape index (κ1) is 30.1. The van der Waals surface area contributed by atoms with E-state index in [1.165, 1.54) is 20.0 Å². The Balaban J connectivity index is 1.18. The van der Waals surface area contributed by atoms with Crippen LogP contribution in [0, 0.1) is 5.92 Å². The number of carbonyl (C=O) groups is 1. The molecule has 3 fully saturated rings. The molecule has 0 bridgehead atoms. The third-order valence-electron chi connectivity index (χ3n) is 9.21. The van der Waals surface area contributed by atoms with Gasteiger partial charge in [-0.3, -0.25) is 14.6 Å². The molecule has 0 N–H and O–H groups in total. The van der Waals surface area contributed by atoms with Crippen molar-refractivity contribution in [2.24, 2.45) is 5.92 Å². The summed E-state index contributed by atoms with van der Waals surface area (Å²) < 4.78 is 11.1. The van der Waals surface area contributed by atoms with E-state index in [-0.39, 0.29) is 11.5 Å². The first-order chi connectivity index (χ1) is 20.8. The molecule has 3 saturated heterocycles. The minimum absolute atomic E-state index is 0.137. The van der Waals surface area contributed by atoms with Gasteiger partial charge in [-0.25, -0.2) is 15.0 Å². The fourth-order valence-electron chi connectivity index (χ4n) is 6.74. The molecule has 2 aromatic heterocycles. The highest BCUT2D eigenvalue weighted by Crippen LogP contribution is 2.38. The molecule has 3 aliphatic rings. The Morgan fingerprint density at radius 3 is 2.42 bits per heavy atom. The average Bonchev–Trinajstić information content (AvgIpc) is 3.59. The van der Waals surface area contributed by atoms with Crippen molar-refractivity contribution in [2.45, 2.75) is 50.6 Å². The first-order valence-electron chi connectivity index (χ1n) is 15.0. The molecular formula is C32H38Cl2N6O3. The maximum absolute atomic E-state index is 11.7. The van der Waals surface area contributed by atoms with Gasteiger partial charge in [-0.05, 0) is 94.5 Å². The lowest BCUT2D eigenvalue weighted by Gasteiger charge is -2.31. The number of pyridine rings is 1. The lowest BCUT2D eigenvalue weighted by atomic mass is 9.93. The third-order valence-corrected chi connectivity index (χ3v) is 9.65. The normalized spacial score (nSPS) is 21.5. The van der Waals surface area contributed by atoms with Crippen LogP contribution in [0.4, 0.5) is 5.95 Å². The van der Waals surface area contributed by atoms with Crippen molar-refractivity contribution in [2.75, 3.05) is 51.8 Å². The van der Waals surface area contributed by atoms with Crippen LogP contribution < -0.4 is 9.64 Å². The van der Waals surface area contributed by atoms with E-state index in [2.05, 4.69) is 37.8 Å². The molecule has 228 valence electrons. The van der Waals surface area contributed by atoms with E-state index >= 15 is 0 Å². The van der Waals surface area contributed by atoms with E-state index in [1.807, 2.05) is 18.2 Å². The van der Waals surface area contributed by atoms with Gasteiger partial charge in [0.05, 0.1) is 25.2 Å². The van der Waals surface area contributed by atoms with Gasteiger partial charge >= 0.3 is 5.97 Å². The third kappa shape index (κ3) is 7.06. The van der Waals surface area contributed by atoms with Crippen molar-refractivity contribution < 1.29 is 14.3 Å². The van der Waals surface area contributed by atoms with Crippen molar-refractivity contribution in [3.8, 4) is 22.9 Å². The van der Waals surface area contributed by atoms with E-state index in [1.54, 1.807) is 18.5 Å². The molecule has 11 heteroatoms. The Bertz CT molecular complexity index is 1430. The maximum Gasteiger partial charge on any atom is 0.305 e. The summed E-state index contributed by atoms with van der Waals surface area (Å²) in [6.07, 6.45) is 9.46. The van der Waals surface area contributed by atoms with Gasteiger partial charge in [0.15, 0.2) is 5.75 Å². The first-order valence-corrected chi connectivity index (χ1v) is 15.8. The number of ether oxygens (including phenoxy) is 2. The summed E-state index contributed by atoms with van der Waals surface area (Å²) in [5.74, 6) is 1.93. The molecule has 1 atom stereocenters. The van der Waals surface area contributed by atoms with Crippen LogP contribution in [0.1, 0.15) is 44.1 Å². The van der Waals surface area contributed by atoms with E-state index in [4.69, 9.17) is 37.7 Å². The molecule has 43 heavy (non-hydrogen) atoms. The molecule has 1 spiro atoms.